The number of anilines is 1. The number of esters is 1. The number of ether oxygens (including phenoxy) is 1. The van der Waals surface area contributed by atoms with Crippen molar-refractivity contribution in [3.8, 4) is 0 Å². The molecule has 0 aliphatic heterocycles. The lowest BCUT2D eigenvalue weighted by atomic mass is 10.1. The summed E-state index contributed by atoms with van der Waals surface area (Å²) in [7, 11) is 0. The van der Waals surface area contributed by atoms with Gasteiger partial charge in [-0.2, -0.15) is 4.39 Å². The van der Waals surface area contributed by atoms with E-state index >= 15 is 0 Å². The smallest absolute Gasteiger partial charge is 0.344 e. The molecule has 1 aromatic carbocycles. The average Bonchev–Trinajstić information content (AvgIpc) is 2.23. The average molecular weight is 246 g/mol. The third-order valence-corrected chi connectivity index (χ3v) is 1.89. The van der Waals surface area contributed by atoms with Crippen LogP contribution in [0.3, 0.4) is 0 Å². The first-order valence-electron chi connectivity index (χ1n) is 4.49. The fraction of sp³-hybridized carbons (Fsp3) is 0.222. The van der Waals surface area contributed by atoms with Gasteiger partial charge in [0.15, 0.2) is 5.82 Å². The number of nitrogens with zero attached hydrogens (tertiary/aromatic N) is 1. The van der Waals surface area contributed by atoms with Crippen molar-refractivity contribution in [2.75, 3.05) is 12.3 Å². The number of halogens is 2. The second-order valence-corrected chi connectivity index (χ2v) is 2.97. The van der Waals surface area contributed by atoms with Gasteiger partial charge in [0.2, 0.25) is 5.82 Å². The molecule has 0 spiro atoms. The van der Waals surface area contributed by atoms with Crippen molar-refractivity contribution in [3.63, 3.8) is 0 Å². The predicted molar refractivity (Wildman–Crippen MR) is 53.4 cm³/mol. The first-order chi connectivity index (χ1) is 7.90. The summed E-state index contributed by atoms with van der Waals surface area (Å²) in [6, 6.07) is 0.507. The highest BCUT2D eigenvalue weighted by molar-refractivity contribution is 5.92. The maximum absolute atomic E-state index is 13.5. The molecule has 0 saturated carbocycles. The van der Waals surface area contributed by atoms with Crippen LogP contribution in [0.2, 0.25) is 0 Å². The number of hydrogen-bond donors (Lipinski definition) is 1. The summed E-state index contributed by atoms with van der Waals surface area (Å²) in [6.45, 7) is 1.30. The first kappa shape index (κ1) is 12.8. The lowest BCUT2D eigenvalue weighted by Gasteiger charge is -2.06. The van der Waals surface area contributed by atoms with Crippen molar-refractivity contribution in [2.24, 2.45) is 0 Å². The summed E-state index contributed by atoms with van der Waals surface area (Å²) in [6.07, 6.45) is 0. The fourth-order valence-corrected chi connectivity index (χ4v) is 1.16. The number of benzene rings is 1. The zero-order valence-electron chi connectivity index (χ0n) is 8.70. The number of nitrogens with two attached hydrogens (primary N) is 1. The Labute approximate surface area is 94.1 Å². The van der Waals surface area contributed by atoms with Crippen LogP contribution >= 0.6 is 0 Å². The number of rotatable bonds is 3. The molecule has 0 aliphatic rings. The van der Waals surface area contributed by atoms with E-state index in [9.17, 15) is 23.7 Å². The quantitative estimate of drug-likeness (QED) is 0.378. The van der Waals surface area contributed by atoms with Gasteiger partial charge in [0.05, 0.1) is 17.2 Å². The zero-order chi connectivity index (χ0) is 13.2. The Morgan fingerprint density at radius 2 is 2.12 bits per heavy atom. The molecule has 0 radical (unpaired) electrons. The normalized spacial score (nSPS) is 10.1. The Morgan fingerprint density at radius 1 is 1.53 bits per heavy atom. The van der Waals surface area contributed by atoms with Crippen LogP contribution in [0.4, 0.5) is 20.2 Å². The summed E-state index contributed by atoms with van der Waals surface area (Å²) in [5, 5.41) is 10.5. The second-order valence-electron chi connectivity index (χ2n) is 2.97. The van der Waals surface area contributed by atoms with E-state index in [2.05, 4.69) is 4.74 Å². The van der Waals surface area contributed by atoms with Crippen LogP contribution in [0.5, 0.6) is 0 Å². The van der Waals surface area contributed by atoms with Crippen LogP contribution in [0.25, 0.3) is 0 Å². The van der Waals surface area contributed by atoms with E-state index in [0.29, 0.717) is 6.07 Å². The summed E-state index contributed by atoms with van der Waals surface area (Å²) in [4.78, 5) is 20.6. The minimum Gasteiger partial charge on any atom is -0.462 e. The lowest BCUT2D eigenvalue weighted by molar-refractivity contribution is -0.387. The largest absolute Gasteiger partial charge is 0.462 e. The van der Waals surface area contributed by atoms with Crippen molar-refractivity contribution in [2.45, 2.75) is 6.92 Å². The van der Waals surface area contributed by atoms with E-state index in [1.54, 1.807) is 0 Å². The Morgan fingerprint density at radius 3 is 2.59 bits per heavy atom. The highest BCUT2D eigenvalue weighted by Gasteiger charge is 2.29. The summed E-state index contributed by atoms with van der Waals surface area (Å²) < 4.78 is 31.3. The van der Waals surface area contributed by atoms with Gasteiger partial charge in [0.1, 0.15) is 5.56 Å². The number of carbonyl (C=O) groups is 1. The van der Waals surface area contributed by atoms with Crippen LogP contribution in [0, 0.1) is 21.7 Å². The van der Waals surface area contributed by atoms with Gasteiger partial charge < -0.3 is 10.5 Å². The molecule has 0 heterocycles. The molecule has 1 aromatic rings. The zero-order valence-corrected chi connectivity index (χ0v) is 8.70. The van der Waals surface area contributed by atoms with Gasteiger partial charge in [0, 0.05) is 6.07 Å². The van der Waals surface area contributed by atoms with Crippen molar-refractivity contribution >= 4 is 17.3 Å². The molecule has 0 atom stereocenters. The summed E-state index contributed by atoms with van der Waals surface area (Å²) >= 11 is 0. The maximum Gasteiger partial charge on any atom is 0.344 e. The molecule has 17 heavy (non-hydrogen) atoms. The van der Waals surface area contributed by atoms with E-state index < -0.39 is 39.5 Å². The molecule has 8 heteroatoms. The molecule has 0 fully saturated rings. The minimum atomic E-state index is -1.60. The van der Waals surface area contributed by atoms with Crippen molar-refractivity contribution in [1.82, 2.24) is 0 Å². The maximum atomic E-state index is 13.5. The highest BCUT2D eigenvalue weighted by Crippen LogP contribution is 2.28. The van der Waals surface area contributed by atoms with Crippen LogP contribution in [0.1, 0.15) is 17.3 Å². The Hall–Kier alpha value is -2.25. The Bertz CT molecular complexity index is 490. The molecule has 92 valence electrons. The monoisotopic (exact) mass is 246 g/mol. The molecule has 0 saturated heterocycles. The molecular weight excluding hydrogens is 238 g/mol. The molecule has 0 aliphatic carbocycles. The van der Waals surface area contributed by atoms with Gasteiger partial charge >= 0.3 is 11.7 Å². The Balaban J connectivity index is 3.47. The van der Waals surface area contributed by atoms with Crippen LogP contribution in [-0.2, 0) is 4.74 Å². The molecule has 2 N–H and O–H groups in total. The summed E-state index contributed by atoms with van der Waals surface area (Å²) in [5.74, 6) is -4.30. The predicted octanol–water partition coefficient (Wildman–Crippen LogP) is 1.63. The van der Waals surface area contributed by atoms with Gasteiger partial charge in [-0.05, 0) is 6.92 Å². The molecule has 1 rings (SSSR count). The first-order valence-corrected chi connectivity index (χ1v) is 4.49. The van der Waals surface area contributed by atoms with Crippen LogP contribution < -0.4 is 5.73 Å². The number of hydrogen-bond acceptors (Lipinski definition) is 5. The van der Waals surface area contributed by atoms with Gasteiger partial charge in [-0.15, -0.1) is 0 Å². The van der Waals surface area contributed by atoms with E-state index in [0.717, 1.165) is 0 Å². The van der Waals surface area contributed by atoms with E-state index in [1.165, 1.54) is 6.92 Å². The fourth-order valence-electron chi connectivity index (χ4n) is 1.16. The van der Waals surface area contributed by atoms with Crippen LogP contribution in [-0.4, -0.2) is 17.5 Å². The molecule has 0 unspecified atom stereocenters. The minimum absolute atomic E-state index is 0.125. The van der Waals surface area contributed by atoms with E-state index in [1.807, 2.05) is 0 Å². The molecule has 0 aromatic heterocycles. The second kappa shape index (κ2) is 4.73. The third kappa shape index (κ3) is 2.30. The molecule has 0 bridgehead atoms. The van der Waals surface area contributed by atoms with Gasteiger partial charge in [-0.1, -0.05) is 0 Å². The van der Waals surface area contributed by atoms with Crippen LogP contribution in [0.15, 0.2) is 6.07 Å². The van der Waals surface area contributed by atoms with Gasteiger partial charge in [-0.3, -0.25) is 10.1 Å². The lowest BCUT2D eigenvalue weighted by Crippen LogP contribution is -2.13. The number of nitro benzene ring substituents is 1. The van der Waals surface area contributed by atoms with Crippen molar-refractivity contribution < 1.29 is 23.2 Å². The van der Waals surface area contributed by atoms with Crippen molar-refractivity contribution in [3.05, 3.63) is 33.4 Å². The van der Waals surface area contributed by atoms with E-state index in [4.69, 9.17) is 5.73 Å². The molecule has 0 amide bonds. The topological polar surface area (TPSA) is 95.5 Å². The summed E-state index contributed by atoms with van der Waals surface area (Å²) in [5.41, 5.74) is 2.18. The number of carbonyl (C=O) groups excluding carboxylic acids is 1. The number of nitrogen functional groups attached to an aromatic ring is 1. The standard InChI is InChI=1S/C9H8F2N2O4/c1-2-17-9(14)6-7(10)4(12)3-5(8(6)11)13(15)16/h3H,2,12H2,1H3. The Kier molecular flexibility index (Phi) is 3.56. The third-order valence-electron chi connectivity index (χ3n) is 1.89. The molecular formula is C9H8F2N2O4. The SMILES string of the molecule is CCOC(=O)c1c(F)c(N)cc([N+](=O)[O-])c1F. The molecule has 6 nitrogen and oxygen atoms in total. The number of nitro groups is 1. The van der Waals surface area contributed by atoms with E-state index in [-0.39, 0.29) is 6.61 Å². The van der Waals surface area contributed by atoms with Crippen molar-refractivity contribution in [1.29, 1.82) is 0 Å². The van der Waals surface area contributed by atoms with Gasteiger partial charge in [-0.25, -0.2) is 9.18 Å². The van der Waals surface area contributed by atoms with Gasteiger partial charge in [0.25, 0.3) is 0 Å². The highest BCUT2D eigenvalue weighted by atomic mass is 19.1.